The van der Waals surface area contributed by atoms with E-state index in [-0.39, 0.29) is 0 Å². The first-order chi connectivity index (χ1) is 6.93. The van der Waals surface area contributed by atoms with Crippen LogP contribution in [0.5, 0.6) is 0 Å². The summed E-state index contributed by atoms with van der Waals surface area (Å²) in [4.78, 5) is 0. The van der Waals surface area contributed by atoms with E-state index in [0.29, 0.717) is 0 Å². The lowest BCUT2D eigenvalue weighted by molar-refractivity contribution is 1.65. The van der Waals surface area contributed by atoms with Crippen molar-refractivity contribution in [2.24, 2.45) is 0 Å². The van der Waals surface area contributed by atoms with Crippen molar-refractivity contribution >= 4 is 115 Å². The minimum atomic E-state index is -1.68. The van der Waals surface area contributed by atoms with Gasteiger partial charge in [0.1, 0.15) is 0 Å². The van der Waals surface area contributed by atoms with Gasteiger partial charge < -0.3 is 0 Å². The molecule has 16 heteroatoms. The smallest absolute Gasteiger partial charge is 0.209 e. The summed E-state index contributed by atoms with van der Waals surface area (Å²) < 4.78 is 0. The topological polar surface area (TPSA) is 95.2 Å². The third kappa shape index (κ3) is 693. The highest BCUT2D eigenvalue weighted by molar-refractivity contribution is 7.94. The molecule has 0 heterocycles. The summed E-state index contributed by atoms with van der Waals surface area (Å²) in [5.41, 5.74) is 0. The summed E-state index contributed by atoms with van der Waals surface area (Å²) in [5.74, 6) is 0. The van der Waals surface area contributed by atoms with Crippen molar-refractivity contribution in [1.29, 1.82) is 20.0 Å². The van der Waals surface area contributed by atoms with Crippen molar-refractivity contribution in [2.75, 3.05) is 0 Å². The van der Waals surface area contributed by atoms with E-state index in [1.165, 1.54) is 0 Å². The first kappa shape index (κ1) is 26.8. The fourth-order valence-electron chi connectivity index (χ4n) is 0. The van der Waals surface area contributed by atoms with Gasteiger partial charge in [-0.25, -0.2) is 20.0 Å². The van der Waals surface area contributed by atoms with Gasteiger partial charge in [0.25, 0.3) is 0 Å². The minimum absolute atomic E-state index is 1.68. The predicted molar refractivity (Wildman–Crippen MR) is 81.4 cm³/mol. The summed E-state index contributed by atoms with van der Waals surface area (Å²) >= 11 is 37.3. The molecule has 0 spiro atoms. The Morgan fingerprint density at radius 1 is 0.375 bits per heavy atom. The molecule has 0 unspecified atom stereocenters. The first-order valence-corrected chi connectivity index (χ1v) is 14.6. The zero-order valence-electron chi connectivity index (χ0n) is 6.60. The molecule has 0 aliphatic rings. The zero-order valence-corrected chi connectivity index (χ0v) is 16.2. The standard InChI is InChI=1S/4Cl2NP/c4*1-4(2)3. The van der Waals surface area contributed by atoms with Gasteiger partial charge in [-0.1, -0.05) is 0 Å². The van der Waals surface area contributed by atoms with Gasteiger partial charge in [0.2, 0.25) is 25.1 Å². The van der Waals surface area contributed by atoms with E-state index < -0.39 is 25.1 Å². The van der Waals surface area contributed by atoms with Crippen molar-refractivity contribution in [3.8, 4) is 0 Å². The third-order valence-corrected chi connectivity index (χ3v) is 0. The summed E-state index contributed by atoms with van der Waals surface area (Å²) in [5, 5.41) is 30.6. The Morgan fingerprint density at radius 2 is 0.375 bits per heavy atom. The maximum Gasteiger partial charge on any atom is 0.237 e. The van der Waals surface area contributed by atoms with Gasteiger partial charge in [0.15, 0.2) is 0 Å². The summed E-state index contributed by atoms with van der Waals surface area (Å²) in [6.07, 6.45) is -6.70. The third-order valence-electron chi connectivity index (χ3n) is 0. The van der Waals surface area contributed by atoms with Gasteiger partial charge in [-0.15, -0.1) is 0 Å². The Hall–Kier alpha value is 2.36. The number of rotatable bonds is 0. The lowest BCUT2D eigenvalue weighted by atomic mass is 14.0. The zero-order chi connectivity index (χ0) is 14.3. The number of hydrogen-bond acceptors (Lipinski definition) is 4. The largest absolute Gasteiger partial charge is 0.237 e. The van der Waals surface area contributed by atoms with E-state index in [4.69, 9.17) is 20.0 Å². The molecule has 0 aromatic carbocycles. The van der Waals surface area contributed by atoms with Crippen molar-refractivity contribution in [2.45, 2.75) is 0 Å². The fourth-order valence-corrected chi connectivity index (χ4v) is 0. The molecule has 0 atom stereocenters. The second-order valence-electron chi connectivity index (χ2n) is 0.860. The summed E-state index contributed by atoms with van der Waals surface area (Å²) in [7, 11) is 0. The Bertz CT molecular complexity index is 289. The molecule has 96 valence electrons. The van der Waals surface area contributed by atoms with Gasteiger partial charge in [-0.05, 0) is 89.9 Å². The molecule has 0 N–H and O–H groups in total. The average molecular weight is 464 g/mol. The molecule has 0 bridgehead atoms. The van der Waals surface area contributed by atoms with E-state index in [2.05, 4.69) is 89.9 Å². The van der Waals surface area contributed by atoms with Gasteiger partial charge in [0, 0.05) is 0 Å². The Labute approximate surface area is 134 Å². The highest BCUT2D eigenvalue weighted by Crippen LogP contribution is 2.28. The van der Waals surface area contributed by atoms with Crippen LogP contribution in [0.15, 0.2) is 0 Å². The molecule has 0 aliphatic heterocycles. The molecule has 0 saturated heterocycles. The van der Waals surface area contributed by atoms with Crippen LogP contribution in [0.1, 0.15) is 0 Å². The Morgan fingerprint density at radius 3 is 0.375 bits per heavy atom. The van der Waals surface area contributed by atoms with Gasteiger partial charge in [-0.3, -0.25) is 0 Å². The molecule has 4 nitrogen and oxygen atoms in total. The predicted octanol–water partition coefficient (Wildman–Crippen LogP) is 9.02. The summed E-state index contributed by atoms with van der Waals surface area (Å²) in [6.45, 7) is 0. The molecular formula is Cl8N4P4. The monoisotopic (exact) mass is 460 g/mol. The highest BCUT2D eigenvalue weighted by atomic mass is 35.9. The average Bonchev–Trinajstić information content (AvgIpc) is 1.76. The molecule has 0 radical (unpaired) electrons. The van der Waals surface area contributed by atoms with Crippen LogP contribution in [-0.2, 0) is 0 Å². The molecule has 16 heavy (non-hydrogen) atoms. The second kappa shape index (κ2) is 22.5. The van der Waals surface area contributed by atoms with Crippen LogP contribution in [0.3, 0.4) is 0 Å². The Kier molecular flexibility index (Phi) is 37.8. The maximum atomic E-state index is 7.65. The van der Waals surface area contributed by atoms with Crippen molar-refractivity contribution in [3.63, 3.8) is 0 Å². The van der Waals surface area contributed by atoms with Gasteiger partial charge in [0.05, 0.1) is 0 Å². The van der Waals surface area contributed by atoms with Gasteiger partial charge >= 0.3 is 0 Å². The Balaban J connectivity index is -0.0000000600. The lowest BCUT2D eigenvalue weighted by Crippen LogP contribution is -0.838. The van der Waals surface area contributed by atoms with E-state index >= 15 is 0 Å². The van der Waals surface area contributed by atoms with Crippen molar-refractivity contribution < 1.29 is 0 Å². The van der Waals surface area contributed by atoms with Crippen molar-refractivity contribution in [1.82, 2.24) is 0 Å². The SMILES string of the molecule is N#P(Cl)Cl.N#P(Cl)Cl.N#P(Cl)Cl.N#P(Cl)Cl. The second-order valence-corrected chi connectivity index (χ2v) is 12.3. The quantitative estimate of drug-likeness (QED) is 0.335. The first-order valence-electron chi connectivity index (χ1n) is 2.15. The number of halogens is 8. The van der Waals surface area contributed by atoms with E-state index in [1.807, 2.05) is 0 Å². The van der Waals surface area contributed by atoms with Crippen LogP contribution in [0.4, 0.5) is 0 Å². The van der Waals surface area contributed by atoms with E-state index in [1.54, 1.807) is 0 Å². The molecule has 0 rings (SSSR count). The van der Waals surface area contributed by atoms with Crippen LogP contribution in [-0.4, -0.2) is 0 Å². The molecule has 0 aromatic rings. The minimum Gasteiger partial charge on any atom is -0.209 e. The maximum absolute atomic E-state index is 7.65. The fraction of sp³-hybridized carbons (Fsp3) is 0. The van der Waals surface area contributed by atoms with Crippen LogP contribution in [0, 0.1) is 20.0 Å². The molecule has 0 saturated carbocycles. The number of nitrogens with zero attached hydrogens (tertiary/aromatic N) is 4. The van der Waals surface area contributed by atoms with Crippen LogP contribution in [0.2, 0.25) is 0 Å². The summed E-state index contributed by atoms with van der Waals surface area (Å²) in [6, 6.07) is 0. The normalized spacial score (nSPS) is 6.25. The molecule has 0 fully saturated rings. The van der Waals surface area contributed by atoms with Crippen LogP contribution < -0.4 is 0 Å². The lowest BCUT2D eigenvalue weighted by Gasteiger charge is -1.44. The molecule has 0 aromatic heterocycles. The van der Waals surface area contributed by atoms with E-state index in [9.17, 15) is 0 Å². The van der Waals surface area contributed by atoms with Crippen molar-refractivity contribution in [3.05, 3.63) is 0 Å². The van der Waals surface area contributed by atoms with Gasteiger partial charge in [-0.2, -0.15) is 0 Å². The molecule has 0 amide bonds. The highest BCUT2D eigenvalue weighted by Gasteiger charge is 1.64. The van der Waals surface area contributed by atoms with E-state index in [0.717, 1.165) is 0 Å². The number of hydrogen-bond donors (Lipinski definition) is 0. The van der Waals surface area contributed by atoms with Crippen LogP contribution >= 0.6 is 115 Å². The molecular weight excluding hydrogens is 464 g/mol. The molecule has 0 aliphatic carbocycles. The van der Waals surface area contributed by atoms with Crippen LogP contribution in [0.25, 0.3) is 0 Å².